The molecule has 1 heterocycles. The van der Waals surface area contributed by atoms with Gasteiger partial charge in [0.15, 0.2) is 0 Å². The van der Waals surface area contributed by atoms with Crippen LogP contribution in [0.3, 0.4) is 0 Å². The van der Waals surface area contributed by atoms with Crippen molar-refractivity contribution in [2.24, 2.45) is 5.41 Å². The molecule has 1 N–H and O–H groups in total. The van der Waals surface area contributed by atoms with E-state index >= 15 is 0 Å². The van der Waals surface area contributed by atoms with Gasteiger partial charge in [0, 0.05) is 12.8 Å². The smallest absolute Gasteiger partial charge is 0.306 e. The quantitative estimate of drug-likeness (QED) is 0.297. The average Bonchev–Trinajstić information content (AvgIpc) is 3.21. The number of esters is 1. The van der Waals surface area contributed by atoms with Crippen molar-refractivity contribution < 1.29 is 14.6 Å². The molecular weight excluding hydrogens is 414 g/mol. The molecule has 1 aliphatic carbocycles. The summed E-state index contributed by atoms with van der Waals surface area (Å²) in [6, 6.07) is 7.33. The molecule has 2 aromatic rings. The van der Waals surface area contributed by atoms with Gasteiger partial charge >= 0.3 is 5.97 Å². The van der Waals surface area contributed by atoms with Crippen molar-refractivity contribution in [3.8, 4) is 0 Å². The molecular formula is C27H39N3O3. The third kappa shape index (κ3) is 6.92. The lowest BCUT2D eigenvalue weighted by atomic mass is 9.78. The maximum atomic E-state index is 12.3. The zero-order valence-corrected chi connectivity index (χ0v) is 20.6. The van der Waals surface area contributed by atoms with E-state index < -0.39 is 0 Å². The number of hydrogen-bond acceptors (Lipinski definition) is 5. The van der Waals surface area contributed by atoms with E-state index in [-0.39, 0.29) is 17.4 Å². The van der Waals surface area contributed by atoms with E-state index in [1.807, 2.05) is 24.3 Å². The molecule has 1 atom stereocenters. The van der Waals surface area contributed by atoms with Crippen LogP contribution < -0.4 is 0 Å². The largest absolute Gasteiger partial charge is 0.510 e. The standard InChI is InChI=1S/C27H39N3O3/c1-5-6-7-8-9-12-17-33-25(31)16-15-20-18-21(27(2,3)4)26(32)24(19-20)30-28-22-13-10-11-14-23(22)29-30/h10-11,13-14,18,24,32H,5-9,12,15-17,19H2,1-4H3. The zero-order valence-electron chi connectivity index (χ0n) is 20.6. The molecule has 180 valence electrons. The van der Waals surface area contributed by atoms with Crippen molar-refractivity contribution in [2.45, 2.75) is 91.5 Å². The second kappa shape index (κ2) is 11.5. The summed E-state index contributed by atoms with van der Waals surface area (Å²) in [5.41, 5.74) is 3.35. The lowest BCUT2D eigenvalue weighted by Gasteiger charge is -2.30. The van der Waals surface area contributed by atoms with Crippen LogP contribution in [-0.4, -0.2) is 32.7 Å². The zero-order chi connectivity index (χ0) is 23.8. The minimum atomic E-state index is -0.370. The number of rotatable bonds is 11. The van der Waals surface area contributed by atoms with Gasteiger partial charge in [0.2, 0.25) is 0 Å². The van der Waals surface area contributed by atoms with Crippen LogP contribution in [0.5, 0.6) is 0 Å². The minimum absolute atomic E-state index is 0.153. The first kappa shape index (κ1) is 25.0. The molecule has 1 aliphatic rings. The molecule has 1 aromatic carbocycles. The number of hydrogen-bond donors (Lipinski definition) is 1. The highest BCUT2D eigenvalue weighted by molar-refractivity contribution is 5.73. The fourth-order valence-corrected chi connectivity index (χ4v) is 4.25. The monoisotopic (exact) mass is 453 g/mol. The number of nitrogens with zero attached hydrogens (tertiary/aromatic N) is 3. The summed E-state index contributed by atoms with van der Waals surface area (Å²) in [5, 5.41) is 20.3. The Labute approximate surface area is 197 Å². The van der Waals surface area contributed by atoms with Gasteiger partial charge in [-0.25, -0.2) is 0 Å². The van der Waals surface area contributed by atoms with E-state index in [4.69, 9.17) is 4.74 Å². The van der Waals surface area contributed by atoms with E-state index in [1.165, 1.54) is 25.7 Å². The van der Waals surface area contributed by atoms with Crippen LogP contribution in [0, 0.1) is 5.41 Å². The van der Waals surface area contributed by atoms with Crippen LogP contribution in [0.4, 0.5) is 0 Å². The van der Waals surface area contributed by atoms with Gasteiger partial charge in [-0.3, -0.25) is 4.79 Å². The first-order valence-electron chi connectivity index (χ1n) is 12.4. The average molecular weight is 454 g/mol. The fourth-order valence-electron chi connectivity index (χ4n) is 4.25. The lowest BCUT2D eigenvalue weighted by molar-refractivity contribution is -0.143. The van der Waals surface area contributed by atoms with E-state index in [1.54, 1.807) is 4.80 Å². The third-order valence-corrected chi connectivity index (χ3v) is 6.20. The van der Waals surface area contributed by atoms with Crippen LogP contribution >= 0.6 is 0 Å². The number of carbonyl (C=O) groups is 1. The van der Waals surface area contributed by atoms with Gasteiger partial charge in [-0.05, 0) is 36.0 Å². The van der Waals surface area contributed by atoms with Gasteiger partial charge in [0.25, 0.3) is 0 Å². The molecule has 0 fully saturated rings. The number of aromatic nitrogens is 3. The first-order valence-corrected chi connectivity index (χ1v) is 12.4. The van der Waals surface area contributed by atoms with Crippen molar-refractivity contribution in [3.05, 3.63) is 47.2 Å². The van der Waals surface area contributed by atoms with Crippen molar-refractivity contribution in [2.75, 3.05) is 6.61 Å². The molecule has 0 bridgehead atoms. The Morgan fingerprint density at radius 1 is 1.09 bits per heavy atom. The van der Waals surface area contributed by atoms with Crippen LogP contribution in [0.15, 0.2) is 47.2 Å². The minimum Gasteiger partial charge on any atom is -0.510 e. The number of carbonyl (C=O) groups excluding carboxylic acids is 1. The maximum Gasteiger partial charge on any atom is 0.306 e. The summed E-state index contributed by atoms with van der Waals surface area (Å²) in [5.74, 6) is 0.150. The molecule has 1 aromatic heterocycles. The SMILES string of the molecule is CCCCCCCCOC(=O)CCC1=CC(C(C)(C)C)=C(O)C(n2nc3ccccc3n2)C1. The highest BCUT2D eigenvalue weighted by Gasteiger charge is 2.32. The van der Waals surface area contributed by atoms with Crippen LogP contribution in [0.1, 0.15) is 91.5 Å². The van der Waals surface area contributed by atoms with Crippen molar-refractivity contribution in [1.29, 1.82) is 0 Å². The number of allylic oxidation sites excluding steroid dienone is 4. The third-order valence-electron chi connectivity index (χ3n) is 6.20. The first-order chi connectivity index (χ1) is 15.8. The topological polar surface area (TPSA) is 77.2 Å². The normalized spacial score (nSPS) is 16.8. The maximum absolute atomic E-state index is 12.3. The van der Waals surface area contributed by atoms with Crippen LogP contribution in [0.25, 0.3) is 11.0 Å². The number of ether oxygens (including phenoxy) is 1. The summed E-state index contributed by atoms with van der Waals surface area (Å²) < 4.78 is 5.45. The van der Waals surface area contributed by atoms with Crippen LogP contribution in [-0.2, 0) is 9.53 Å². The van der Waals surface area contributed by atoms with Crippen molar-refractivity contribution >= 4 is 17.0 Å². The second-order valence-corrected chi connectivity index (χ2v) is 10.1. The summed E-state index contributed by atoms with van der Waals surface area (Å²) in [6.45, 7) is 8.95. The summed E-state index contributed by atoms with van der Waals surface area (Å²) >= 11 is 0. The van der Waals surface area contributed by atoms with E-state index in [9.17, 15) is 9.90 Å². The summed E-state index contributed by atoms with van der Waals surface area (Å²) in [6.07, 6.45) is 10.6. The van der Waals surface area contributed by atoms with Gasteiger partial charge in [-0.2, -0.15) is 15.0 Å². The van der Waals surface area contributed by atoms with Gasteiger partial charge in [0.05, 0.1) is 6.61 Å². The number of aliphatic hydroxyl groups is 1. The number of fused-ring (bicyclic) bond motifs is 1. The predicted octanol–water partition coefficient (Wildman–Crippen LogP) is 6.84. The van der Waals surface area contributed by atoms with Gasteiger partial charge < -0.3 is 9.84 Å². The number of aliphatic hydroxyl groups excluding tert-OH is 1. The van der Waals surface area contributed by atoms with Gasteiger partial charge in [0.1, 0.15) is 22.8 Å². The van der Waals surface area contributed by atoms with E-state index in [2.05, 4.69) is 44.0 Å². The number of benzene rings is 1. The highest BCUT2D eigenvalue weighted by atomic mass is 16.5. The molecule has 0 aliphatic heterocycles. The van der Waals surface area contributed by atoms with E-state index in [0.717, 1.165) is 35.0 Å². The Morgan fingerprint density at radius 2 is 1.73 bits per heavy atom. The lowest BCUT2D eigenvalue weighted by Crippen LogP contribution is -2.24. The molecule has 33 heavy (non-hydrogen) atoms. The molecule has 0 spiro atoms. The molecule has 1 unspecified atom stereocenters. The Hall–Kier alpha value is -2.63. The molecule has 3 rings (SSSR count). The Kier molecular flexibility index (Phi) is 8.70. The molecule has 0 amide bonds. The molecule has 6 heteroatoms. The summed E-state index contributed by atoms with van der Waals surface area (Å²) in [7, 11) is 0. The van der Waals surface area contributed by atoms with E-state index in [0.29, 0.717) is 31.6 Å². The summed E-state index contributed by atoms with van der Waals surface area (Å²) in [4.78, 5) is 13.9. The molecule has 0 saturated heterocycles. The van der Waals surface area contributed by atoms with Gasteiger partial charge in [-0.15, -0.1) is 0 Å². The Morgan fingerprint density at radius 3 is 2.36 bits per heavy atom. The van der Waals surface area contributed by atoms with Crippen molar-refractivity contribution in [1.82, 2.24) is 15.0 Å². The Balaban J connectivity index is 1.61. The molecule has 0 saturated carbocycles. The van der Waals surface area contributed by atoms with Crippen LogP contribution in [0.2, 0.25) is 0 Å². The molecule has 0 radical (unpaired) electrons. The molecule has 6 nitrogen and oxygen atoms in total. The van der Waals surface area contributed by atoms with Gasteiger partial charge in [-0.1, -0.05) is 83.6 Å². The highest BCUT2D eigenvalue weighted by Crippen LogP contribution is 2.40. The van der Waals surface area contributed by atoms with Crippen molar-refractivity contribution in [3.63, 3.8) is 0 Å². The Bertz CT molecular complexity index is 964. The number of unbranched alkanes of at least 4 members (excludes halogenated alkanes) is 5. The second-order valence-electron chi connectivity index (χ2n) is 10.1. The predicted molar refractivity (Wildman–Crippen MR) is 132 cm³/mol. The fraction of sp³-hybridized carbons (Fsp3) is 0.593.